The minimum atomic E-state index is -0.214. The van der Waals surface area contributed by atoms with Gasteiger partial charge in [0.05, 0.1) is 0 Å². The number of rotatable bonds is 4. The van der Waals surface area contributed by atoms with Gasteiger partial charge in [-0.2, -0.15) is 0 Å². The molecule has 0 bridgehead atoms. The molecule has 21 heavy (non-hydrogen) atoms. The number of nitrogens with two attached hydrogens (primary N) is 1. The van der Waals surface area contributed by atoms with Crippen molar-refractivity contribution in [1.29, 1.82) is 0 Å². The first kappa shape index (κ1) is 15.5. The minimum Gasteiger partial charge on any atom is -0.341 e. The molecule has 0 radical (unpaired) electrons. The summed E-state index contributed by atoms with van der Waals surface area (Å²) < 4.78 is 13.9. The van der Waals surface area contributed by atoms with Crippen LogP contribution in [0.5, 0.6) is 0 Å². The molecule has 2 aromatic carbocycles. The van der Waals surface area contributed by atoms with Crippen LogP contribution in [0.15, 0.2) is 36.4 Å². The van der Waals surface area contributed by atoms with E-state index in [1.165, 1.54) is 5.56 Å². The van der Waals surface area contributed by atoms with Gasteiger partial charge in [0.1, 0.15) is 5.82 Å². The molecule has 2 aromatic rings. The molecule has 2 nitrogen and oxygen atoms in total. The van der Waals surface area contributed by atoms with E-state index in [2.05, 4.69) is 36.9 Å². The van der Waals surface area contributed by atoms with Gasteiger partial charge in [-0.25, -0.2) is 4.39 Å². The standard InChI is InChI=1S/C18H23FN2/c1-5-21(15-8-6-7-12(2)9-15)18-10-13(3)17(19)11-16(18)14(4)20/h6-11,14H,5,20H2,1-4H3/t14-/m0/s1. The highest BCUT2D eigenvalue weighted by atomic mass is 19.1. The topological polar surface area (TPSA) is 29.3 Å². The molecule has 0 amide bonds. The van der Waals surface area contributed by atoms with Crippen molar-refractivity contribution in [2.75, 3.05) is 11.4 Å². The van der Waals surface area contributed by atoms with Crippen molar-refractivity contribution < 1.29 is 4.39 Å². The van der Waals surface area contributed by atoms with Crippen molar-refractivity contribution in [2.45, 2.75) is 33.7 Å². The minimum absolute atomic E-state index is 0.202. The van der Waals surface area contributed by atoms with Crippen LogP contribution in [0.2, 0.25) is 0 Å². The Morgan fingerprint density at radius 2 is 1.90 bits per heavy atom. The smallest absolute Gasteiger partial charge is 0.126 e. The van der Waals surface area contributed by atoms with E-state index >= 15 is 0 Å². The Morgan fingerprint density at radius 3 is 2.48 bits per heavy atom. The summed E-state index contributed by atoms with van der Waals surface area (Å²) in [5.41, 5.74) is 10.8. The number of aryl methyl sites for hydroxylation is 2. The Bertz CT molecular complexity index is 635. The number of hydrogen-bond donors (Lipinski definition) is 1. The van der Waals surface area contributed by atoms with Crippen LogP contribution >= 0.6 is 0 Å². The summed E-state index contributed by atoms with van der Waals surface area (Å²) in [6, 6.07) is 11.5. The average Bonchev–Trinajstić information content (AvgIpc) is 2.43. The van der Waals surface area contributed by atoms with E-state index in [0.29, 0.717) is 5.56 Å². The zero-order valence-corrected chi connectivity index (χ0v) is 13.2. The van der Waals surface area contributed by atoms with Crippen molar-refractivity contribution in [3.8, 4) is 0 Å². The molecule has 0 saturated heterocycles. The molecule has 0 aliphatic rings. The third-order valence-electron chi connectivity index (χ3n) is 3.72. The quantitative estimate of drug-likeness (QED) is 0.888. The van der Waals surface area contributed by atoms with Crippen LogP contribution in [0.25, 0.3) is 0 Å². The number of benzene rings is 2. The third kappa shape index (κ3) is 3.24. The van der Waals surface area contributed by atoms with Gasteiger partial charge in [0.15, 0.2) is 0 Å². The zero-order chi connectivity index (χ0) is 15.6. The Kier molecular flexibility index (Phi) is 4.63. The monoisotopic (exact) mass is 286 g/mol. The molecule has 1 atom stereocenters. The molecule has 0 saturated carbocycles. The Labute approximate surface area is 126 Å². The maximum absolute atomic E-state index is 13.9. The number of nitrogens with zero attached hydrogens (tertiary/aromatic N) is 1. The van der Waals surface area contributed by atoms with Gasteiger partial charge in [0, 0.05) is 24.0 Å². The van der Waals surface area contributed by atoms with Crippen molar-refractivity contribution in [3.05, 3.63) is 58.9 Å². The lowest BCUT2D eigenvalue weighted by Gasteiger charge is -2.28. The van der Waals surface area contributed by atoms with E-state index < -0.39 is 0 Å². The molecule has 0 fully saturated rings. The van der Waals surface area contributed by atoms with Crippen LogP contribution < -0.4 is 10.6 Å². The second-order valence-corrected chi connectivity index (χ2v) is 5.53. The maximum atomic E-state index is 13.9. The van der Waals surface area contributed by atoms with E-state index in [0.717, 1.165) is 23.5 Å². The van der Waals surface area contributed by atoms with E-state index in [9.17, 15) is 4.39 Å². The summed E-state index contributed by atoms with van der Waals surface area (Å²) in [7, 11) is 0. The lowest BCUT2D eigenvalue weighted by molar-refractivity contribution is 0.613. The summed E-state index contributed by atoms with van der Waals surface area (Å²) in [4.78, 5) is 2.18. The van der Waals surface area contributed by atoms with Gasteiger partial charge in [-0.15, -0.1) is 0 Å². The summed E-state index contributed by atoms with van der Waals surface area (Å²) in [6.45, 7) is 8.63. The Morgan fingerprint density at radius 1 is 1.19 bits per heavy atom. The zero-order valence-electron chi connectivity index (χ0n) is 13.2. The van der Waals surface area contributed by atoms with Crippen LogP contribution in [-0.2, 0) is 0 Å². The van der Waals surface area contributed by atoms with Gasteiger partial charge < -0.3 is 10.6 Å². The van der Waals surface area contributed by atoms with E-state index in [1.54, 1.807) is 13.0 Å². The predicted molar refractivity (Wildman–Crippen MR) is 87.6 cm³/mol. The predicted octanol–water partition coefficient (Wildman–Crippen LogP) is 4.62. The van der Waals surface area contributed by atoms with Crippen molar-refractivity contribution >= 4 is 11.4 Å². The van der Waals surface area contributed by atoms with Gasteiger partial charge in [0.25, 0.3) is 0 Å². The molecule has 0 spiro atoms. The fourth-order valence-electron chi connectivity index (χ4n) is 2.57. The van der Waals surface area contributed by atoms with Crippen LogP contribution in [0.1, 0.15) is 36.6 Å². The Balaban J connectivity index is 2.59. The van der Waals surface area contributed by atoms with Gasteiger partial charge in [-0.1, -0.05) is 12.1 Å². The molecule has 0 aromatic heterocycles. The van der Waals surface area contributed by atoms with Crippen LogP contribution in [-0.4, -0.2) is 6.54 Å². The normalized spacial score (nSPS) is 12.3. The first-order valence-electron chi connectivity index (χ1n) is 7.33. The fraction of sp³-hybridized carbons (Fsp3) is 0.333. The second kappa shape index (κ2) is 6.27. The molecule has 2 rings (SSSR count). The molecule has 0 aliphatic carbocycles. The molecule has 0 heterocycles. The largest absolute Gasteiger partial charge is 0.341 e. The average molecular weight is 286 g/mol. The first-order chi connectivity index (χ1) is 9.93. The first-order valence-corrected chi connectivity index (χ1v) is 7.33. The molecular formula is C18H23FN2. The molecule has 0 unspecified atom stereocenters. The maximum Gasteiger partial charge on any atom is 0.126 e. The lowest BCUT2D eigenvalue weighted by Crippen LogP contribution is -2.20. The van der Waals surface area contributed by atoms with Crippen LogP contribution in [0.4, 0.5) is 15.8 Å². The molecular weight excluding hydrogens is 263 g/mol. The highest BCUT2D eigenvalue weighted by Crippen LogP contribution is 2.33. The number of anilines is 2. The summed E-state index contributed by atoms with van der Waals surface area (Å²) in [5, 5.41) is 0. The second-order valence-electron chi connectivity index (χ2n) is 5.53. The molecule has 3 heteroatoms. The highest BCUT2D eigenvalue weighted by molar-refractivity contribution is 5.68. The number of hydrogen-bond acceptors (Lipinski definition) is 2. The molecule has 112 valence electrons. The Hall–Kier alpha value is -1.87. The molecule has 2 N–H and O–H groups in total. The van der Waals surface area contributed by atoms with E-state index in [1.807, 2.05) is 19.1 Å². The lowest BCUT2D eigenvalue weighted by atomic mass is 10.0. The summed E-state index contributed by atoms with van der Waals surface area (Å²) in [5.74, 6) is -0.202. The summed E-state index contributed by atoms with van der Waals surface area (Å²) in [6.07, 6.45) is 0. The van der Waals surface area contributed by atoms with Gasteiger partial charge in [0.2, 0.25) is 0 Å². The van der Waals surface area contributed by atoms with Crippen molar-refractivity contribution in [3.63, 3.8) is 0 Å². The third-order valence-corrected chi connectivity index (χ3v) is 3.72. The van der Waals surface area contributed by atoms with Gasteiger partial charge >= 0.3 is 0 Å². The van der Waals surface area contributed by atoms with Crippen LogP contribution in [0.3, 0.4) is 0 Å². The van der Waals surface area contributed by atoms with Crippen LogP contribution in [0, 0.1) is 19.7 Å². The van der Waals surface area contributed by atoms with Crippen molar-refractivity contribution in [2.24, 2.45) is 5.73 Å². The van der Waals surface area contributed by atoms with Gasteiger partial charge in [-0.05, 0) is 68.7 Å². The SMILES string of the molecule is CCN(c1cccc(C)c1)c1cc(C)c(F)cc1[C@H](C)N. The fourth-order valence-corrected chi connectivity index (χ4v) is 2.57. The van der Waals surface area contributed by atoms with Crippen molar-refractivity contribution in [1.82, 2.24) is 0 Å². The molecule has 0 aliphatic heterocycles. The van der Waals surface area contributed by atoms with E-state index in [-0.39, 0.29) is 11.9 Å². The summed E-state index contributed by atoms with van der Waals surface area (Å²) >= 11 is 0. The highest BCUT2D eigenvalue weighted by Gasteiger charge is 2.17. The van der Waals surface area contributed by atoms with E-state index in [4.69, 9.17) is 5.73 Å². The van der Waals surface area contributed by atoms with Gasteiger partial charge in [-0.3, -0.25) is 0 Å². The number of halogens is 1.